The van der Waals surface area contributed by atoms with Gasteiger partial charge in [-0.2, -0.15) is 5.26 Å². The second-order valence-corrected chi connectivity index (χ2v) is 9.50. The highest BCUT2D eigenvalue weighted by Crippen LogP contribution is 2.09. The first kappa shape index (κ1) is 13.5. The summed E-state index contributed by atoms with van der Waals surface area (Å²) in [5, 5.41) is 20.9. The van der Waals surface area contributed by atoms with Crippen LogP contribution in [0.25, 0.3) is 0 Å². The minimum absolute atomic E-state index is 0.0723. The van der Waals surface area contributed by atoms with E-state index < -0.39 is 8.07 Å². The maximum atomic E-state index is 9.49. The molecule has 1 N–H and O–H groups in total. The van der Waals surface area contributed by atoms with E-state index in [2.05, 4.69) is 25.2 Å². The summed E-state index contributed by atoms with van der Waals surface area (Å²) in [6.45, 7) is 4.61. The van der Waals surface area contributed by atoms with Crippen LogP contribution in [-0.2, 0) is 6.61 Å². The van der Waals surface area contributed by atoms with Gasteiger partial charge in [0.05, 0.1) is 18.2 Å². The van der Waals surface area contributed by atoms with Gasteiger partial charge in [-0.3, -0.25) is 0 Å². The van der Waals surface area contributed by atoms with E-state index in [1.807, 2.05) is 42.5 Å². The smallest absolute Gasteiger partial charge is 0.112 e. The third kappa shape index (κ3) is 2.60. The molecule has 0 bridgehead atoms. The second kappa shape index (κ2) is 5.39. The molecule has 0 heterocycles. The van der Waals surface area contributed by atoms with Gasteiger partial charge in [-0.05, 0) is 22.9 Å². The monoisotopic (exact) mass is 267 g/mol. The first-order chi connectivity index (χ1) is 9.09. The Morgan fingerprint density at radius 1 is 1.05 bits per heavy atom. The molecule has 0 aliphatic heterocycles. The van der Waals surface area contributed by atoms with Crippen molar-refractivity contribution in [3.05, 3.63) is 59.7 Å². The molecule has 0 fully saturated rings. The molecular weight excluding hydrogens is 250 g/mol. The molecule has 0 spiro atoms. The van der Waals surface area contributed by atoms with Crippen molar-refractivity contribution < 1.29 is 5.11 Å². The van der Waals surface area contributed by atoms with Crippen molar-refractivity contribution in [3.8, 4) is 6.07 Å². The van der Waals surface area contributed by atoms with Crippen LogP contribution in [-0.4, -0.2) is 13.2 Å². The van der Waals surface area contributed by atoms with E-state index in [0.29, 0.717) is 5.56 Å². The minimum atomic E-state index is -1.83. The van der Waals surface area contributed by atoms with Crippen molar-refractivity contribution >= 4 is 18.4 Å². The van der Waals surface area contributed by atoms with Crippen LogP contribution >= 0.6 is 0 Å². The van der Waals surface area contributed by atoms with Gasteiger partial charge in [0.15, 0.2) is 0 Å². The van der Waals surface area contributed by atoms with Crippen LogP contribution in [0, 0.1) is 11.3 Å². The Kier molecular flexibility index (Phi) is 3.84. The first-order valence-electron chi connectivity index (χ1n) is 6.29. The summed E-state index contributed by atoms with van der Waals surface area (Å²) in [7, 11) is -1.83. The number of rotatable bonds is 3. The van der Waals surface area contributed by atoms with Crippen LogP contribution in [0.2, 0.25) is 13.1 Å². The van der Waals surface area contributed by atoms with Crippen molar-refractivity contribution in [2.75, 3.05) is 0 Å². The van der Waals surface area contributed by atoms with Gasteiger partial charge in [-0.15, -0.1) is 0 Å². The molecule has 0 amide bonds. The molecule has 0 saturated carbocycles. The van der Waals surface area contributed by atoms with Crippen LogP contribution in [0.4, 0.5) is 0 Å². The summed E-state index contributed by atoms with van der Waals surface area (Å²) in [5.41, 5.74) is 1.69. The molecular formula is C16H17NOSi. The lowest BCUT2D eigenvalue weighted by Crippen LogP contribution is -2.54. The van der Waals surface area contributed by atoms with Crippen LogP contribution in [0.1, 0.15) is 11.1 Å². The Bertz CT molecular complexity index is 611. The van der Waals surface area contributed by atoms with E-state index in [9.17, 15) is 5.11 Å². The fraction of sp³-hybridized carbons (Fsp3) is 0.188. The average Bonchev–Trinajstić information content (AvgIpc) is 2.47. The Morgan fingerprint density at radius 3 is 2.26 bits per heavy atom. The highest BCUT2D eigenvalue weighted by Gasteiger charge is 2.27. The summed E-state index contributed by atoms with van der Waals surface area (Å²) >= 11 is 0. The van der Waals surface area contributed by atoms with E-state index in [1.165, 1.54) is 10.4 Å². The van der Waals surface area contributed by atoms with Crippen LogP contribution < -0.4 is 10.4 Å². The molecule has 0 radical (unpaired) electrons. The maximum Gasteiger partial charge on any atom is 0.112 e. The van der Waals surface area contributed by atoms with E-state index in [4.69, 9.17) is 5.26 Å². The number of nitriles is 1. The molecule has 0 aromatic heterocycles. The van der Waals surface area contributed by atoms with Gasteiger partial charge in [0.1, 0.15) is 8.07 Å². The number of hydrogen-bond acceptors (Lipinski definition) is 2. The van der Waals surface area contributed by atoms with Crippen LogP contribution in [0.5, 0.6) is 0 Å². The highest BCUT2D eigenvalue weighted by atomic mass is 28.3. The van der Waals surface area contributed by atoms with Crippen molar-refractivity contribution in [1.82, 2.24) is 0 Å². The molecule has 19 heavy (non-hydrogen) atoms. The predicted octanol–water partition coefficient (Wildman–Crippen LogP) is 1.87. The van der Waals surface area contributed by atoms with Gasteiger partial charge < -0.3 is 5.11 Å². The molecule has 2 aromatic carbocycles. The lowest BCUT2D eigenvalue weighted by Gasteiger charge is -2.26. The minimum Gasteiger partial charge on any atom is -0.392 e. The SMILES string of the molecule is C[Si](C)(c1ccc(C#N)cc1)c1ccccc1CO. The average molecular weight is 267 g/mol. The predicted molar refractivity (Wildman–Crippen MR) is 80.3 cm³/mol. The fourth-order valence-corrected chi connectivity index (χ4v) is 5.17. The van der Waals surface area contributed by atoms with Gasteiger partial charge in [-0.25, -0.2) is 0 Å². The quantitative estimate of drug-likeness (QED) is 0.863. The summed E-state index contributed by atoms with van der Waals surface area (Å²) < 4.78 is 0. The summed E-state index contributed by atoms with van der Waals surface area (Å²) in [5.74, 6) is 0. The topological polar surface area (TPSA) is 44.0 Å². The lowest BCUT2D eigenvalue weighted by atomic mass is 10.2. The third-order valence-electron chi connectivity index (χ3n) is 3.60. The molecule has 2 rings (SSSR count). The number of aliphatic hydroxyl groups excluding tert-OH is 1. The number of hydrogen-bond donors (Lipinski definition) is 1. The fourth-order valence-electron chi connectivity index (χ4n) is 2.38. The largest absolute Gasteiger partial charge is 0.392 e. The molecule has 96 valence electrons. The van der Waals surface area contributed by atoms with Gasteiger partial charge in [0.25, 0.3) is 0 Å². The highest BCUT2D eigenvalue weighted by molar-refractivity contribution is 7.00. The normalized spacial score (nSPS) is 11.1. The van der Waals surface area contributed by atoms with Crippen LogP contribution in [0.3, 0.4) is 0 Å². The Morgan fingerprint density at radius 2 is 1.68 bits per heavy atom. The standard InChI is InChI=1S/C16H17NOSi/c1-19(2,15-9-7-13(11-17)8-10-15)16-6-4-3-5-14(16)12-18/h3-10,18H,12H2,1-2H3. The summed E-state index contributed by atoms with van der Waals surface area (Å²) in [6, 6.07) is 18.0. The Hall–Kier alpha value is -1.89. The van der Waals surface area contributed by atoms with E-state index in [0.717, 1.165) is 5.56 Å². The van der Waals surface area contributed by atoms with Gasteiger partial charge in [0.2, 0.25) is 0 Å². The molecule has 0 aliphatic carbocycles. The third-order valence-corrected chi connectivity index (χ3v) is 7.21. The zero-order chi connectivity index (χ0) is 13.9. The van der Waals surface area contributed by atoms with E-state index >= 15 is 0 Å². The van der Waals surface area contributed by atoms with Crippen LogP contribution in [0.15, 0.2) is 48.5 Å². The number of nitrogens with zero attached hydrogens (tertiary/aromatic N) is 1. The number of benzene rings is 2. The zero-order valence-corrected chi connectivity index (χ0v) is 12.2. The maximum absolute atomic E-state index is 9.49. The van der Waals surface area contributed by atoms with Crippen molar-refractivity contribution in [1.29, 1.82) is 5.26 Å². The van der Waals surface area contributed by atoms with Crippen molar-refractivity contribution in [2.45, 2.75) is 19.7 Å². The van der Waals surface area contributed by atoms with Gasteiger partial charge in [-0.1, -0.05) is 54.7 Å². The molecule has 0 atom stereocenters. The first-order valence-corrected chi connectivity index (χ1v) is 9.29. The molecule has 0 unspecified atom stereocenters. The lowest BCUT2D eigenvalue weighted by molar-refractivity contribution is 0.283. The van der Waals surface area contributed by atoms with Crippen molar-refractivity contribution in [2.24, 2.45) is 0 Å². The van der Waals surface area contributed by atoms with E-state index in [1.54, 1.807) is 0 Å². The summed E-state index contributed by atoms with van der Waals surface area (Å²) in [4.78, 5) is 0. The Labute approximate surface area is 115 Å². The molecule has 0 saturated heterocycles. The molecule has 3 heteroatoms. The number of aliphatic hydroxyl groups is 1. The molecule has 2 aromatic rings. The van der Waals surface area contributed by atoms with E-state index in [-0.39, 0.29) is 6.61 Å². The second-order valence-electron chi connectivity index (χ2n) is 5.13. The molecule has 2 nitrogen and oxygen atoms in total. The molecule has 0 aliphatic rings. The van der Waals surface area contributed by atoms with Crippen molar-refractivity contribution in [3.63, 3.8) is 0 Å². The Balaban J connectivity index is 2.48. The van der Waals surface area contributed by atoms with Gasteiger partial charge >= 0.3 is 0 Å². The zero-order valence-electron chi connectivity index (χ0n) is 11.2. The van der Waals surface area contributed by atoms with Gasteiger partial charge in [0, 0.05) is 0 Å². The summed E-state index contributed by atoms with van der Waals surface area (Å²) in [6.07, 6.45) is 0.